The first-order chi connectivity index (χ1) is 12.6. The maximum atomic E-state index is 13.0. The first kappa shape index (κ1) is 22.6. The van der Waals surface area contributed by atoms with Crippen LogP contribution in [0.15, 0.2) is 30.3 Å². The fourth-order valence-corrected chi connectivity index (χ4v) is 3.73. The van der Waals surface area contributed by atoms with Crippen LogP contribution in [-0.4, -0.2) is 47.1 Å². The average molecular weight is 429 g/mol. The molecule has 1 aromatic heterocycles. The van der Waals surface area contributed by atoms with E-state index >= 15 is 0 Å². The van der Waals surface area contributed by atoms with Crippen LogP contribution in [0, 0.1) is 5.82 Å². The van der Waals surface area contributed by atoms with Gasteiger partial charge >= 0.3 is 0 Å². The molecule has 0 amide bonds. The summed E-state index contributed by atoms with van der Waals surface area (Å²) in [5.74, 6) is 1.47. The number of nitrogen functional groups attached to an aromatic ring is 1. The third-order valence-electron chi connectivity index (χ3n) is 5.36. The zero-order valence-electron chi connectivity index (χ0n) is 15.6. The number of hydrogen-bond acceptors (Lipinski definition) is 6. The van der Waals surface area contributed by atoms with Crippen molar-refractivity contribution in [3.05, 3.63) is 47.4 Å². The van der Waals surface area contributed by atoms with Crippen molar-refractivity contribution in [2.45, 2.75) is 31.3 Å². The lowest BCUT2D eigenvalue weighted by Gasteiger charge is -2.36. The lowest BCUT2D eigenvalue weighted by atomic mass is 9.78. The van der Waals surface area contributed by atoms with Crippen LogP contribution in [0.5, 0.6) is 0 Å². The van der Waals surface area contributed by atoms with E-state index in [-0.39, 0.29) is 36.7 Å². The van der Waals surface area contributed by atoms with Gasteiger partial charge in [0.1, 0.15) is 11.6 Å². The van der Waals surface area contributed by atoms with Gasteiger partial charge in [-0.3, -0.25) is 4.90 Å². The molecule has 2 aliphatic rings. The maximum absolute atomic E-state index is 13.0. The number of piperazine rings is 1. The molecule has 1 aromatic carbocycles. The second-order valence-electron chi connectivity index (χ2n) is 7.33. The number of hydrogen-bond donors (Lipinski definition) is 2. The summed E-state index contributed by atoms with van der Waals surface area (Å²) in [6.45, 7) is 4.49. The highest BCUT2D eigenvalue weighted by Crippen LogP contribution is 2.36. The van der Waals surface area contributed by atoms with E-state index < -0.39 is 0 Å². The molecule has 0 spiro atoms. The summed E-state index contributed by atoms with van der Waals surface area (Å²) in [7, 11) is 0. The van der Waals surface area contributed by atoms with Crippen molar-refractivity contribution in [1.29, 1.82) is 0 Å². The Morgan fingerprint density at radius 3 is 2.25 bits per heavy atom. The quantitative estimate of drug-likeness (QED) is 0.778. The van der Waals surface area contributed by atoms with E-state index in [9.17, 15) is 4.39 Å². The van der Waals surface area contributed by atoms with Crippen molar-refractivity contribution >= 4 is 36.6 Å². The van der Waals surface area contributed by atoms with E-state index in [2.05, 4.69) is 25.8 Å². The van der Waals surface area contributed by atoms with Gasteiger partial charge in [0.2, 0.25) is 5.95 Å². The van der Waals surface area contributed by atoms with Crippen molar-refractivity contribution in [3.8, 4) is 0 Å². The summed E-state index contributed by atoms with van der Waals surface area (Å²) < 4.78 is 13.0. The topological polar surface area (TPSA) is 84.3 Å². The van der Waals surface area contributed by atoms with Crippen LogP contribution in [0.25, 0.3) is 0 Å². The first-order valence-electron chi connectivity index (χ1n) is 9.18. The molecule has 154 valence electrons. The van der Waals surface area contributed by atoms with Crippen molar-refractivity contribution in [2.24, 2.45) is 5.73 Å². The van der Waals surface area contributed by atoms with E-state index in [1.54, 1.807) is 0 Å². The van der Waals surface area contributed by atoms with Gasteiger partial charge in [0.15, 0.2) is 0 Å². The molecule has 28 heavy (non-hydrogen) atoms. The molecule has 0 bridgehead atoms. The standard InChI is InChI=1S/C19H25FN6.2ClH/c20-15-3-1-13(2-4-15)12-25-5-7-26(8-6-25)18-11-17(23-19(22)24-18)14-9-16(21)10-14;;/h1-4,11,14,16H,5-10,12,21H2,(H2,22,23,24);2*1H. The van der Waals surface area contributed by atoms with E-state index in [4.69, 9.17) is 11.5 Å². The Bertz CT molecular complexity index is 762. The molecular formula is C19H27Cl2FN6. The molecule has 2 fully saturated rings. The molecule has 1 saturated carbocycles. The third-order valence-corrected chi connectivity index (χ3v) is 5.36. The number of rotatable bonds is 4. The summed E-state index contributed by atoms with van der Waals surface area (Å²) in [6.07, 6.45) is 1.95. The second-order valence-corrected chi connectivity index (χ2v) is 7.33. The Morgan fingerprint density at radius 1 is 1.00 bits per heavy atom. The van der Waals surface area contributed by atoms with Crippen LogP contribution >= 0.6 is 24.8 Å². The summed E-state index contributed by atoms with van der Waals surface area (Å²) >= 11 is 0. The zero-order chi connectivity index (χ0) is 18.1. The molecule has 0 unspecified atom stereocenters. The molecule has 6 nitrogen and oxygen atoms in total. The van der Waals surface area contributed by atoms with Gasteiger partial charge in [-0.25, -0.2) is 9.37 Å². The Balaban J connectivity index is 0.00000140. The summed E-state index contributed by atoms with van der Waals surface area (Å²) in [5.41, 5.74) is 14.0. The van der Waals surface area contributed by atoms with Gasteiger partial charge in [0.05, 0.1) is 5.69 Å². The Kier molecular flexibility index (Phi) is 7.83. The molecule has 1 aliphatic heterocycles. The van der Waals surface area contributed by atoms with E-state index in [1.807, 2.05) is 12.1 Å². The Labute approximate surface area is 177 Å². The van der Waals surface area contributed by atoms with E-state index in [1.165, 1.54) is 12.1 Å². The molecular weight excluding hydrogens is 402 g/mol. The SMILES string of the molecule is Cl.Cl.Nc1nc(C2CC(N)C2)cc(N2CCN(Cc3ccc(F)cc3)CC2)n1. The highest BCUT2D eigenvalue weighted by atomic mass is 35.5. The van der Waals surface area contributed by atoms with E-state index in [0.717, 1.165) is 62.6 Å². The summed E-state index contributed by atoms with van der Waals surface area (Å²) in [5, 5.41) is 0. The summed E-state index contributed by atoms with van der Waals surface area (Å²) in [4.78, 5) is 13.5. The number of halogens is 3. The van der Waals surface area contributed by atoms with Crippen molar-refractivity contribution in [3.63, 3.8) is 0 Å². The van der Waals surface area contributed by atoms with Crippen LogP contribution in [0.2, 0.25) is 0 Å². The normalized spacial score (nSPS) is 22.0. The minimum absolute atomic E-state index is 0. The Hall–Kier alpha value is -1.67. The van der Waals surface area contributed by atoms with Gasteiger partial charge in [-0.15, -0.1) is 24.8 Å². The number of aromatic nitrogens is 2. The molecule has 2 heterocycles. The van der Waals surface area contributed by atoms with Crippen LogP contribution < -0.4 is 16.4 Å². The van der Waals surface area contributed by atoms with Crippen LogP contribution in [0.4, 0.5) is 16.2 Å². The number of nitrogens with two attached hydrogens (primary N) is 2. The predicted molar refractivity (Wildman–Crippen MR) is 115 cm³/mol. The molecule has 0 radical (unpaired) electrons. The Morgan fingerprint density at radius 2 is 1.64 bits per heavy atom. The lowest BCUT2D eigenvalue weighted by Crippen LogP contribution is -2.46. The zero-order valence-corrected chi connectivity index (χ0v) is 17.3. The van der Waals surface area contributed by atoms with Gasteiger partial charge in [-0.1, -0.05) is 12.1 Å². The highest BCUT2D eigenvalue weighted by molar-refractivity contribution is 5.85. The average Bonchev–Trinajstić information content (AvgIpc) is 2.61. The number of nitrogens with zero attached hydrogens (tertiary/aromatic N) is 4. The molecule has 1 saturated heterocycles. The minimum atomic E-state index is -0.192. The summed E-state index contributed by atoms with van der Waals surface area (Å²) in [6, 6.07) is 9.09. The smallest absolute Gasteiger partial charge is 0.222 e. The van der Waals surface area contributed by atoms with E-state index in [0.29, 0.717) is 11.9 Å². The number of benzene rings is 1. The minimum Gasteiger partial charge on any atom is -0.368 e. The van der Waals surface area contributed by atoms with Gasteiger partial charge in [0, 0.05) is 50.7 Å². The second kappa shape index (κ2) is 9.69. The van der Waals surface area contributed by atoms with Crippen LogP contribution in [-0.2, 0) is 6.54 Å². The van der Waals surface area contributed by atoms with Crippen molar-refractivity contribution in [1.82, 2.24) is 14.9 Å². The largest absolute Gasteiger partial charge is 0.368 e. The number of anilines is 2. The molecule has 4 rings (SSSR count). The molecule has 1 aliphatic carbocycles. The van der Waals surface area contributed by atoms with Gasteiger partial charge in [0.25, 0.3) is 0 Å². The van der Waals surface area contributed by atoms with Gasteiger partial charge in [-0.05, 0) is 30.5 Å². The van der Waals surface area contributed by atoms with Crippen molar-refractivity contribution < 1.29 is 4.39 Å². The maximum Gasteiger partial charge on any atom is 0.222 e. The molecule has 4 N–H and O–H groups in total. The molecule has 0 atom stereocenters. The third kappa shape index (κ3) is 5.23. The van der Waals surface area contributed by atoms with Gasteiger partial charge < -0.3 is 16.4 Å². The van der Waals surface area contributed by atoms with Gasteiger partial charge in [-0.2, -0.15) is 4.98 Å². The monoisotopic (exact) mass is 428 g/mol. The molecule has 9 heteroatoms. The fourth-order valence-electron chi connectivity index (χ4n) is 3.73. The predicted octanol–water partition coefficient (Wildman–Crippen LogP) is 2.57. The van der Waals surface area contributed by atoms with Crippen LogP contribution in [0.3, 0.4) is 0 Å². The van der Waals surface area contributed by atoms with Crippen molar-refractivity contribution in [2.75, 3.05) is 36.8 Å². The fraction of sp³-hybridized carbons (Fsp3) is 0.474. The highest BCUT2D eigenvalue weighted by Gasteiger charge is 2.29. The lowest BCUT2D eigenvalue weighted by molar-refractivity contribution is 0.249. The first-order valence-corrected chi connectivity index (χ1v) is 9.18. The molecule has 2 aromatic rings. The van der Waals surface area contributed by atoms with Crippen LogP contribution in [0.1, 0.15) is 30.0 Å².